The average molecular weight is 342 g/mol. The molecule has 0 aliphatic carbocycles. The van der Waals surface area contributed by atoms with Crippen LogP contribution in [0.3, 0.4) is 0 Å². The Morgan fingerprint density at radius 1 is 1.24 bits per heavy atom. The number of hydrogen-bond donors (Lipinski definition) is 1. The molecule has 6 heteroatoms. The first-order chi connectivity index (χ1) is 12.1. The quantitative estimate of drug-likeness (QED) is 0.868. The van der Waals surface area contributed by atoms with Crippen LogP contribution in [0, 0.1) is 0 Å². The summed E-state index contributed by atoms with van der Waals surface area (Å²) in [6, 6.07) is 11.1. The van der Waals surface area contributed by atoms with Crippen LogP contribution in [0.4, 0.5) is 0 Å². The molecule has 0 spiro atoms. The summed E-state index contributed by atoms with van der Waals surface area (Å²) in [6.45, 7) is 7.42. The second kappa shape index (κ2) is 8.27. The molecule has 3 rings (SSSR count). The summed E-state index contributed by atoms with van der Waals surface area (Å²) in [5, 5.41) is 7.32. The Bertz CT molecular complexity index is 649. The summed E-state index contributed by atoms with van der Waals surface area (Å²) in [4.78, 5) is 15.1. The Labute approximate surface area is 148 Å². The summed E-state index contributed by atoms with van der Waals surface area (Å²) in [5.41, 5.74) is 0.928. The molecule has 0 radical (unpaired) electrons. The normalized spacial score (nSPS) is 22.5. The first kappa shape index (κ1) is 17.6. The second-order valence-electron chi connectivity index (χ2n) is 6.61. The lowest BCUT2D eigenvalue weighted by Gasteiger charge is -2.35. The largest absolute Gasteiger partial charge is 0.373 e. The van der Waals surface area contributed by atoms with Crippen molar-refractivity contribution in [3.05, 3.63) is 54.4 Å². The fourth-order valence-corrected chi connectivity index (χ4v) is 3.39. The highest BCUT2D eigenvalue weighted by molar-refractivity contribution is 5.83. The van der Waals surface area contributed by atoms with Gasteiger partial charge >= 0.3 is 0 Å². The molecule has 2 aromatic rings. The van der Waals surface area contributed by atoms with Gasteiger partial charge in [0.05, 0.1) is 12.2 Å². The van der Waals surface area contributed by atoms with Gasteiger partial charge in [0.15, 0.2) is 6.04 Å². The molecule has 1 N–H and O–H groups in total. The van der Waals surface area contributed by atoms with Crippen molar-refractivity contribution in [1.29, 1.82) is 0 Å². The predicted octanol–water partition coefficient (Wildman–Crippen LogP) is 1.70. The molecular formula is C19H26N4O2. The molecule has 1 aromatic heterocycles. The van der Waals surface area contributed by atoms with Gasteiger partial charge in [0.25, 0.3) is 0 Å². The van der Waals surface area contributed by atoms with E-state index in [2.05, 4.69) is 29.2 Å². The van der Waals surface area contributed by atoms with Gasteiger partial charge in [-0.3, -0.25) is 14.4 Å². The number of nitrogens with zero attached hydrogens (tertiary/aromatic N) is 3. The van der Waals surface area contributed by atoms with Crippen molar-refractivity contribution in [1.82, 2.24) is 20.0 Å². The van der Waals surface area contributed by atoms with Crippen LogP contribution in [-0.2, 0) is 9.53 Å². The van der Waals surface area contributed by atoms with Crippen molar-refractivity contribution in [2.24, 2.45) is 0 Å². The fourth-order valence-electron chi connectivity index (χ4n) is 3.39. The highest BCUT2D eigenvalue weighted by Gasteiger charge is 2.24. The first-order valence-electron chi connectivity index (χ1n) is 8.83. The Balaban J connectivity index is 1.60. The molecule has 1 aliphatic rings. The maximum atomic E-state index is 12.8. The number of rotatable bonds is 6. The molecule has 1 saturated heterocycles. The minimum absolute atomic E-state index is 0.0377. The van der Waals surface area contributed by atoms with Crippen LogP contribution in [0.2, 0.25) is 0 Å². The zero-order valence-electron chi connectivity index (χ0n) is 14.8. The van der Waals surface area contributed by atoms with Gasteiger partial charge in [-0.05, 0) is 25.5 Å². The molecular weight excluding hydrogens is 316 g/mol. The zero-order valence-corrected chi connectivity index (χ0v) is 14.8. The lowest BCUT2D eigenvalue weighted by Crippen LogP contribution is -2.48. The molecule has 3 unspecified atom stereocenters. The predicted molar refractivity (Wildman–Crippen MR) is 96.3 cm³/mol. The van der Waals surface area contributed by atoms with E-state index >= 15 is 0 Å². The van der Waals surface area contributed by atoms with Gasteiger partial charge in [-0.15, -0.1) is 0 Å². The summed E-state index contributed by atoms with van der Waals surface area (Å²) < 4.78 is 7.45. The minimum Gasteiger partial charge on any atom is -0.373 e. The standard InChI is InChI=1S/C19H26N4O2/c1-15-13-22(14-16(2)25-15)12-10-20-19(24)18(23-11-6-9-21-23)17-7-4-3-5-8-17/h3-9,11,15-16,18H,10,12-14H2,1-2H3,(H,20,24). The van der Waals surface area contributed by atoms with Crippen molar-refractivity contribution >= 4 is 5.91 Å². The molecule has 0 bridgehead atoms. The van der Waals surface area contributed by atoms with Crippen LogP contribution in [-0.4, -0.2) is 59.0 Å². The maximum absolute atomic E-state index is 12.8. The van der Waals surface area contributed by atoms with E-state index < -0.39 is 6.04 Å². The van der Waals surface area contributed by atoms with Crippen LogP contribution in [0.25, 0.3) is 0 Å². The Kier molecular flexibility index (Phi) is 5.83. The number of ether oxygens (including phenoxy) is 1. The molecule has 1 amide bonds. The third kappa shape index (κ3) is 4.67. The van der Waals surface area contributed by atoms with Crippen molar-refractivity contribution < 1.29 is 9.53 Å². The molecule has 0 saturated carbocycles. The third-order valence-electron chi connectivity index (χ3n) is 4.38. The number of benzene rings is 1. The highest BCUT2D eigenvalue weighted by Crippen LogP contribution is 2.17. The van der Waals surface area contributed by atoms with Crippen molar-refractivity contribution in [2.45, 2.75) is 32.1 Å². The number of nitrogens with one attached hydrogen (secondary N) is 1. The number of carbonyl (C=O) groups excluding carboxylic acids is 1. The van der Waals surface area contributed by atoms with Crippen molar-refractivity contribution in [3.63, 3.8) is 0 Å². The van der Waals surface area contributed by atoms with E-state index in [0.29, 0.717) is 6.54 Å². The summed E-state index contributed by atoms with van der Waals surface area (Å²) >= 11 is 0. The van der Waals surface area contributed by atoms with E-state index in [1.165, 1.54) is 0 Å². The van der Waals surface area contributed by atoms with E-state index in [4.69, 9.17) is 4.74 Å². The van der Waals surface area contributed by atoms with E-state index in [9.17, 15) is 4.79 Å². The fraction of sp³-hybridized carbons (Fsp3) is 0.474. The van der Waals surface area contributed by atoms with E-state index in [-0.39, 0.29) is 18.1 Å². The van der Waals surface area contributed by atoms with Gasteiger partial charge in [-0.2, -0.15) is 5.10 Å². The van der Waals surface area contributed by atoms with Gasteiger partial charge in [0.2, 0.25) is 5.91 Å². The Morgan fingerprint density at radius 3 is 2.60 bits per heavy atom. The summed E-state index contributed by atoms with van der Waals surface area (Å²) in [5.74, 6) is -0.0377. The minimum atomic E-state index is -0.446. The first-order valence-corrected chi connectivity index (χ1v) is 8.83. The number of aromatic nitrogens is 2. The van der Waals surface area contributed by atoms with Gasteiger partial charge in [0.1, 0.15) is 0 Å². The average Bonchev–Trinajstić information content (AvgIpc) is 3.09. The summed E-state index contributed by atoms with van der Waals surface area (Å²) in [7, 11) is 0. The summed E-state index contributed by atoms with van der Waals surface area (Å²) in [6.07, 6.45) is 3.99. The molecule has 1 fully saturated rings. The zero-order chi connectivity index (χ0) is 17.6. The van der Waals surface area contributed by atoms with E-state index in [0.717, 1.165) is 25.2 Å². The monoisotopic (exact) mass is 342 g/mol. The Hall–Kier alpha value is -2.18. The molecule has 6 nitrogen and oxygen atoms in total. The van der Waals surface area contributed by atoms with E-state index in [1.54, 1.807) is 10.9 Å². The lowest BCUT2D eigenvalue weighted by atomic mass is 10.1. The number of morpholine rings is 1. The van der Waals surface area contributed by atoms with Crippen LogP contribution < -0.4 is 5.32 Å². The molecule has 134 valence electrons. The molecule has 1 aliphatic heterocycles. The van der Waals surface area contributed by atoms with Crippen LogP contribution >= 0.6 is 0 Å². The van der Waals surface area contributed by atoms with Crippen LogP contribution in [0.1, 0.15) is 25.5 Å². The van der Waals surface area contributed by atoms with Crippen LogP contribution in [0.15, 0.2) is 48.8 Å². The van der Waals surface area contributed by atoms with Gasteiger partial charge < -0.3 is 10.1 Å². The molecule has 25 heavy (non-hydrogen) atoms. The molecule has 3 atom stereocenters. The van der Waals surface area contributed by atoms with Gasteiger partial charge in [-0.1, -0.05) is 30.3 Å². The smallest absolute Gasteiger partial charge is 0.249 e. The molecule has 1 aromatic carbocycles. The third-order valence-corrected chi connectivity index (χ3v) is 4.38. The van der Waals surface area contributed by atoms with Gasteiger partial charge in [-0.25, -0.2) is 0 Å². The van der Waals surface area contributed by atoms with Crippen molar-refractivity contribution in [2.75, 3.05) is 26.2 Å². The van der Waals surface area contributed by atoms with Gasteiger partial charge in [0, 0.05) is 38.6 Å². The molecule has 2 heterocycles. The number of hydrogen-bond acceptors (Lipinski definition) is 4. The maximum Gasteiger partial charge on any atom is 0.249 e. The lowest BCUT2D eigenvalue weighted by molar-refractivity contribution is -0.123. The number of carbonyl (C=O) groups is 1. The SMILES string of the molecule is CC1CN(CCNC(=O)C(c2ccccc2)n2cccn2)CC(C)O1. The highest BCUT2D eigenvalue weighted by atomic mass is 16.5. The van der Waals surface area contributed by atoms with E-state index in [1.807, 2.05) is 42.6 Å². The van der Waals surface area contributed by atoms with Crippen molar-refractivity contribution in [3.8, 4) is 0 Å². The number of amides is 1. The second-order valence-corrected chi connectivity index (χ2v) is 6.61. The Morgan fingerprint density at radius 2 is 1.96 bits per heavy atom. The topological polar surface area (TPSA) is 59.4 Å². The van der Waals surface area contributed by atoms with Crippen LogP contribution in [0.5, 0.6) is 0 Å².